The van der Waals surface area contributed by atoms with Gasteiger partial charge in [0.15, 0.2) is 0 Å². The van der Waals surface area contributed by atoms with E-state index in [0.29, 0.717) is 6.04 Å². The molecule has 0 amide bonds. The summed E-state index contributed by atoms with van der Waals surface area (Å²) in [4.78, 5) is 3.79. The van der Waals surface area contributed by atoms with Crippen molar-refractivity contribution in [3.63, 3.8) is 0 Å². The van der Waals surface area contributed by atoms with E-state index in [1.54, 1.807) is 11.3 Å². The van der Waals surface area contributed by atoms with E-state index in [4.69, 9.17) is 0 Å². The molecule has 1 aromatic rings. The van der Waals surface area contributed by atoms with Crippen LogP contribution in [0.1, 0.15) is 24.1 Å². The van der Waals surface area contributed by atoms with Gasteiger partial charge in [0, 0.05) is 23.9 Å². The Morgan fingerprint density at radius 1 is 1.53 bits per heavy atom. The third kappa shape index (κ3) is 1.63. The minimum atomic E-state index is -0.443. The molecule has 0 bridgehead atoms. The molecule has 0 aliphatic carbocycles. The highest BCUT2D eigenvalue weighted by molar-refractivity contribution is 7.09. The summed E-state index contributed by atoms with van der Waals surface area (Å²) in [6.07, 6.45) is 4.25. The quantitative estimate of drug-likeness (QED) is 0.827. The topological polar surface area (TPSA) is 23.5 Å². The summed E-state index contributed by atoms with van der Waals surface area (Å²) in [6.45, 7) is 2.28. The monoisotopic (exact) mass is 223 g/mol. The van der Waals surface area contributed by atoms with E-state index in [9.17, 15) is 5.11 Å². The van der Waals surface area contributed by atoms with Crippen LogP contribution >= 0.6 is 11.3 Å². The highest BCUT2D eigenvalue weighted by Gasteiger charge is 2.47. The first-order valence-electron chi connectivity index (χ1n) is 5.77. The molecule has 1 N–H and O–H groups in total. The predicted octanol–water partition coefficient (Wildman–Crippen LogP) is 1.89. The van der Waals surface area contributed by atoms with Crippen LogP contribution in [0.3, 0.4) is 0 Å². The van der Waals surface area contributed by atoms with Gasteiger partial charge < -0.3 is 5.11 Å². The van der Waals surface area contributed by atoms with Gasteiger partial charge in [-0.3, -0.25) is 4.90 Å². The van der Waals surface area contributed by atoms with Crippen LogP contribution in [0.15, 0.2) is 17.5 Å². The molecule has 3 heterocycles. The maximum atomic E-state index is 10.7. The van der Waals surface area contributed by atoms with Gasteiger partial charge in [0.1, 0.15) is 0 Å². The van der Waals surface area contributed by atoms with Gasteiger partial charge in [0.25, 0.3) is 0 Å². The molecule has 2 aliphatic rings. The van der Waals surface area contributed by atoms with Crippen molar-refractivity contribution in [3.8, 4) is 0 Å². The Bertz CT molecular complexity index is 337. The van der Waals surface area contributed by atoms with E-state index in [2.05, 4.69) is 22.4 Å². The van der Waals surface area contributed by atoms with Gasteiger partial charge in [-0.05, 0) is 37.3 Å². The molecule has 2 atom stereocenters. The maximum absolute atomic E-state index is 10.7. The molecule has 15 heavy (non-hydrogen) atoms. The fourth-order valence-electron chi connectivity index (χ4n) is 3.13. The molecule has 0 radical (unpaired) electrons. The van der Waals surface area contributed by atoms with Gasteiger partial charge in [-0.2, -0.15) is 0 Å². The lowest BCUT2D eigenvalue weighted by Crippen LogP contribution is -2.42. The number of hydrogen-bond donors (Lipinski definition) is 1. The molecule has 2 saturated heterocycles. The van der Waals surface area contributed by atoms with Crippen LogP contribution in [0.5, 0.6) is 0 Å². The maximum Gasteiger partial charge on any atom is 0.0862 e. The highest BCUT2D eigenvalue weighted by atomic mass is 32.1. The second kappa shape index (κ2) is 3.58. The highest BCUT2D eigenvalue weighted by Crippen LogP contribution is 2.38. The minimum absolute atomic E-state index is 0.430. The number of hydrogen-bond acceptors (Lipinski definition) is 3. The van der Waals surface area contributed by atoms with Gasteiger partial charge in [-0.15, -0.1) is 11.3 Å². The first kappa shape index (κ1) is 9.82. The molecule has 0 spiro atoms. The zero-order valence-corrected chi connectivity index (χ0v) is 9.67. The molecular formula is C12H17NOS. The molecular weight excluding hydrogens is 206 g/mol. The zero-order valence-electron chi connectivity index (χ0n) is 8.85. The van der Waals surface area contributed by atoms with Crippen LogP contribution in [0.25, 0.3) is 0 Å². The number of nitrogens with zero attached hydrogens (tertiary/aromatic N) is 1. The van der Waals surface area contributed by atoms with E-state index in [1.165, 1.54) is 24.3 Å². The van der Waals surface area contributed by atoms with Crippen molar-refractivity contribution in [1.29, 1.82) is 0 Å². The van der Waals surface area contributed by atoms with Crippen molar-refractivity contribution in [1.82, 2.24) is 4.90 Å². The average molecular weight is 223 g/mol. The van der Waals surface area contributed by atoms with Crippen molar-refractivity contribution in [2.75, 3.05) is 13.1 Å². The van der Waals surface area contributed by atoms with Gasteiger partial charge in [-0.1, -0.05) is 6.07 Å². The van der Waals surface area contributed by atoms with Crippen molar-refractivity contribution >= 4 is 11.3 Å². The van der Waals surface area contributed by atoms with E-state index in [1.807, 2.05) is 0 Å². The fourth-order valence-corrected chi connectivity index (χ4v) is 3.95. The van der Waals surface area contributed by atoms with Gasteiger partial charge >= 0.3 is 0 Å². The Balaban J connectivity index is 1.79. The Hall–Kier alpha value is -0.380. The molecule has 82 valence electrons. The lowest BCUT2D eigenvalue weighted by molar-refractivity contribution is 0.0148. The number of fused-ring (bicyclic) bond motifs is 1. The van der Waals surface area contributed by atoms with Crippen LogP contribution in [0.2, 0.25) is 0 Å². The molecule has 3 heteroatoms. The normalized spacial score (nSPS) is 35.9. The molecule has 2 nitrogen and oxygen atoms in total. The summed E-state index contributed by atoms with van der Waals surface area (Å²) in [5, 5.41) is 12.8. The van der Waals surface area contributed by atoms with Crippen LogP contribution in [0.4, 0.5) is 0 Å². The van der Waals surface area contributed by atoms with E-state index in [0.717, 1.165) is 19.4 Å². The molecule has 0 saturated carbocycles. The van der Waals surface area contributed by atoms with Crippen LogP contribution in [-0.2, 0) is 6.42 Å². The largest absolute Gasteiger partial charge is 0.388 e. The summed E-state index contributed by atoms with van der Waals surface area (Å²) in [6, 6.07) is 4.64. The average Bonchev–Trinajstić information content (AvgIpc) is 2.87. The van der Waals surface area contributed by atoms with E-state index in [-0.39, 0.29) is 0 Å². The Kier molecular flexibility index (Phi) is 2.34. The van der Waals surface area contributed by atoms with E-state index >= 15 is 0 Å². The summed E-state index contributed by atoms with van der Waals surface area (Å²) < 4.78 is 0. The Morgan fingerprint density at radius 3 is 3.27 bits per heavy atom. The smallest absolute Gasteiger partial charge is 0.0862 e. The number of thiophene rings is 1. The van der Waals surface area contributed by atoms with Crippen molar-refractivity contribution < 1.29 is 5.11 Å². The lowest BCUT2D eigenvalue weighted by atomic mass is 9.89. The molecule has 3 rings (SSSR count). The number of rotatable bonds is 2. The molecule has 2 fully saturated rings. The predicted molar refractivity (Wildman–Crippen MR) is 62.2 cm³/mol. The zero-order chi connectivity index (χ0) is 10.3. The Morgan fingerprint density at radius 2 is 2.47 bits per heavy atom. The second-order valence-corrected chi connectivity index (χ2v) is 5.84. The molecule has 2 unspecified atom stereocenters. The first-order chi connectivity index (χ1) is 7.28. The SMILES string of the molecule is OC1(Cc2cccs2)CCN2CCCC21. The third-order valence-corrected chi connectivity index (χ3v) is 4.75. The van der Waals surface area contributed by atoms with Crippen molar-refractivity contribution in [2.45, 2.75) is 37.3 Å². The molecule has 1 aromatic heterocycles. The lowest BCUT2D eigenvalue weighted by Gasteiger charge is -2.29. The standard InChI is InChI=1S/C12H17NOS/c14-12(9-10-3-2-8-15-10)5-7-13-6-1-4-11(12)13/h2-3,8,11,14H,1,4-7,9H2. The van der Waals surface area contributed by atoms with Crippen molar-refractivity contribution in [2.24, 2.45) is 0 Å². The fraction of sp³-hybridized carbons (Fsp3) is 0.667. The Labute approximate surface area is 94.5 Å². The third-order valence-electron chi connectivity index (χ3n) is 3.88. The summed E-state index contributed by atoms with van der Waals surface area (Å²) >= 11 is 1.76. The summed E-state index contributed by atoms with van der Waals surface area (Å²) in [5.41, 5.74) is -0.443. The van der Waals surface area contributed by atoms with Gasteiger partial charge in [0.05, 0.1) is 5.60 Å². The minimum Gasteiger partial charge on any atom is -0.388 e. The number of aliphatic hydroxyl groups is 1. The summed E-state index contributed by atoms with van der Waals surface area (Å²) in [5.74, 6) is 0. The van der Waals surface area contributed by atoms with Crippen LogP contribution in [-0.4, -0.2) is 34.7 Å². The molecule has 0 aromatic carbocycles. The first-order valence-corrected chi connectivity index (χ1v) is 6.65. The van der Waals surface area contributed by atoms with Crippen molar-refractivity contribution in [3.05, 3.63) is 22.4 Å². The summed E-state index contributed by atoms with van der Waals surface area (Å²) in [7, 11) is 0. The molecule has 2 aliphatic heterocycles. The van der Waals surface area contributed by atoms with Gasteiger partial charge in [0.2, 0.25) is 0 Å². The van der Waals surface area contributed by atoms with Crippen LogP contribution < -0.4 is 0 Å². The van der Waals surface area contributed by atoms with Crippen LogP contribution in [0, 0.1) is 0 Å². The second-order valence-electron chi connectivity index (χ2n) is 4.80. The van der Waals surface area contributed by atoms with E-state index < -0.39 is 5.60 Å². The van der Waals surface area contributed by atoms with Gasteiger partial charge in [-0.25, -0.2) is 0 Å².